The van der Waals surface area contributed by atoms with Gasteiger partial charge in [-0.3, -0.25) is 14.5 Å². The van der Waals surface area contributed by atoms with Gasteiger partial charge < -0.3 is 33.9 Å². The molecule has 3 fully saturated rings. The van der Waals surface area contributed by atoms with E-state index in [1.54, 1.807) is 27.9 Å². The highest BCUT2D eigenvalue weighted by atomic mass is 16.7. The van der Waals surface area contributed by atoms with E-state index in [4.69, 9.17) is 18.9 Å². The highest BCUT2D eigenvalue weighted by molar-refractivity contribution is 6.04. The summed E-state index contributed by atoms with van der Waals surface area (Å²) in [7, 11) is 5.56. The van der Waals surface area contributed by atoms with Gasteiger partial charge in [-0.15, -0.1) is 0 Å². The van der Waals surface area contributed by atoms with Gasteiger partial charge in [0.2, 0.25) is 6.29 Å². The van der Waals surface area contributed by atoms with Crippen molar-refractivity contribution in [1.29, 1.82) is 0 Å². The molecule has 8 atom stereocenters. The number of carbonyl (C=O) groups excluding carboxylic acids is 2. The van der Waals surface area contributed by atoms with Crippen LogP contribution in [0.25, 0.3) is 0 Å². The number of likely N-dealkylation sites (tertiary alicyclic amines) is 1. The Morgan fingerprint density at radius 2 is 1.80 bits per heavy atom. The number of cyclic esters (lactones) is 1. The molecule has 3 saturated heterocycles. The van der Waals surface area contributed by atoms with Gasteiger partial charge in [-0.05, 0) is 99.1 Å². The molecule has 0 aromatic heterocycles. The summed E-state index contributed by atoms with van der Waals surface area (Å²) in [6.07, 6.45) is 2.81. The largest absolute Gasteiger partial charge is 0.467 e. The standard InChI is InChI=1S/C35H63N3O7/c1-11-38-21-24(2)20-35(7,42-10)31(45-32-29(39)27(22-36(8)9)19-25(3)44-32)26(4)30(40)34(5,6)33(41)43-23-28(38)15-14-18-37-16-12-13-17-37/h24,26-29,31-32,39H,3,11-23H2,1-2,4-10H3/t24-,26+,27-,28-,29-,31-,32+,35-/m1/s1. The third-order valence-electron chi connectivity index (χ3n) is 10.3. The summed E-state index contributed by atoms with van der Waals surface area (Å²) >= 11 is 0. The number of likely N-dealkylation sites (N-methyl/N-ethyl adjacent to an activating group) is 1. The number of aliphatic hydroxyl groups is 1. The van der Waals surface area contributed by atoms with Crippen molar-refractivity contribution in [2.45, 2.75) is 110 Å². The molecule has 0 radical (unpaired) electrons. The van der Waals surface area contributed by atoms with Crippen LogP contribution in [0.4, 0.5) is 0 Å². The number of ether oxygens (including phenoxy) is 4. The van der Waals surface area contributed by atoms with Gasteiger partial charge in [-0.25, -0.2) is 0 Å². The lowest BCUT2D eigenvalue weighted by Crippen LogP contribution is -2.56. The van der Waals surface area contributed by atoms with Crippen LogP contribution in [0.15, 0.2) is 12.3 Å². The Hall–Kier alpha value is -1.56. The second kappa shape index (κ2) is 16.5. The Kier molecular flexibility index (Phi) is 13.9. The topological polar surface area (TPSA) is 101 Å². The van der Waals surface area contributed by atoms with Crippen molar-refractivity contribution in [3.8, 4) is 0 Å². The third-order valence-corrected chi connectivity index (χ3v) is 10.3. The lowest BCUT2D eigenvalue weighted by atomic mass is 9.74. The number of nitrogens with zero attached hydrogens (tertiary/aromatic N) is 3. The summed E-state index contributed by atoms with van der Waals surface area (Å²) in [6.45, 7) is 21.3. The second-order valence-electron chi connectivity index (χ2n) is 14.9. The molecule has 45 heavy (non-hydrogen) atoms. The Labute approximate surface area is 272 Å². The highest BCUT2D eigenvalue weighted by Gasteiger charge is 2.51. The molecule has 3 aliphatic rings. The van der Waals surface area contributed by atoms with Crippen LogP contribution in [0.5, 0.6) is 0 Å². The molecule has 260 valence electrons. The quantitative estimate of drug-likeness (QED) is 0.280. The Balaban J connectivity index is 1.93. The number of allylic oxidation sites excluding steroid dienone is 1. The van der Waals surface area contributed by atoms with Gasteiger partial charge in [0.05, 0.1) is 17.5 Å². The van der Waals surface area contributed by atoms with Crippen molar-refractivity contribution >= 4 is 11.8 Å². The van der Waals surface area contributed by atoms with Crippen LogP contribution in [0.1, 0.15) is 80.1 Å². The van der Waals surface area contributed by atoms with Crippen molar-refractivity contribution < 1.29 is 33.6 Å². The van der Waals surface area contributed by atoms with Crippen molar-refractivity contribution in [2.24, 2.45) is 23.2 Å². The van der Waals surface area contributed by atoms with E-state index in [1.165, 1.54) is 12.8 Å². The molecule has 10 heteroatoms. The predicted octanol–water partition coefficient (Wildman–Crippen LogP) is 3.96. The number of Topliss-reactive ketones (excluding diaryl/α,β-unsaturated/α-hetero) is 1. The van der Waals surface area contributed by atoms with Gasteiger partial charge in [0.15, 0.2) is 5.78 Å². The normalized spacial score (nSPS) is 36.2. The second-order valence-corrected chi connectivity index (χ2v) is 14.9. The molecule has 0 bridgehead atoms. The van der Waals surface area contributed by atoms with Gasteiger partial charge in [-0.1, -0.05) is 27.4 Å². The predicted molar refractivity (Wildman–Crippen MR) is 176 cm³/mol. The average molecular weight is 638 g/mol. The SMILES string of the molecule is C=C1C[C@H](CN(C)C)[C@@H](O)[C@H](O[C@@H]2[C@@H](C)C(=O)C(C)(C)C(=O)OC[C@@H](CCCN3CCCC3)N(CC)C[C@H](C)C[C@@]2(C)OC)O1. The minimum atomic E-state index is -1.41. The number of rotatable bonds is 10. The summed E-state index contributed by atoms with van der Waals surface area (Å²) in [5.41, 5.74) is -2.33. The van der Waals surface area contributed by atoms with Crippen LogP contribution in [-0.4, -0.2) is 129 Å². The van der Waals surface area contributed by atoms with Crippen LogP contribution < -0.4 is 0 Å². The first-order valence-corrected chi connectivity index (χ1v) is 17.2. The third kappa shape index (κ3) is 9.73. The number of aliphatic hydroxyl groups excluding tert-OH is 1. The molecule has 0 aromatic carbocycles. The van der Waals surface area contributed by atoms with Crippen LogP contribution in [-0.2, 0) is 28.5 Å². The lowest BCUT2D eigenvalue weighted by molar-refractivity contribution is -0.268. The maximum atomic E-state index is 14.2. The van der Waals surface area contributed by atoms with E-state index < -0.39 is 41.4 Å². The molecule has 0 unspecified atom stereocenters. The molecule has 3 heterocycles. The smallest absolute Gasteiger partial charge is 0.319 e. The monoisotopic (exact) mass is 637 g/mol. The molecule has 1 N–H and O–H groups in total. The zero-order chi connectivity index (χ0) is 33.5. The van der Waals surface area contributed by atoms with Crippen molar-refractivity contribution in [3.63, 3.8) is 0 Å². The number of methoxy groups -OCH3 is 1. The zero-order valence-corrected chi connectivity index (χ0v) is 29.7. The zero-order valence-electron chi connectivity index (χ0n) is 29.7. The Morgan fingerprint density at radius 1 is 1.13 bits per heavy atom. The molecule has 0 aromatic rings. The first-order valence-electron chi connectivity index (χ1n) is 17.2. The number of hydrogen-bond acceptors (Lipinski definition) is 10. The van der Waals surface area contributed by atoms with Gasteiger partial charge in [0.1, 0.15) is 18.1 Å². The summed E-state index contributed by atoms with van der Waals surface area (Å²) < 4.78 is 24.8. The van der Waals surface area contributed by atoms with Crippen LogP contribution >= 0.6 is 0 Å². The highest BCUT2D eigenvalue weighted by Crippen LogP contribution is 2.39. The van der Waals surface area contributed by atoms with E-state index in [9.17, 15) is 14.7 Å². The summed E-state index contributed by atoms with van der Waals surface area (Å²) in [4.78, 5) is 34.8. The van der Waals surface area contributed by atoms with Gasteiger partial charge in [-0.2, -0.15) is 0 Å². The van der Waals surface area contributed by atoms with Gasteiger partial charge in [0, 0.05) is 44.5 Å². The summed E-state index contributed by atoms with van der Waals surface area (Å²) in [6, 6.07) is 0.0550. The van der Waals surface area contributed by atoms with Crippen molar-refractivity contribution in [1.82, 2.24) is 14.7 Å². The number of carbonyl (C=O) groups is 2. The van der Waals surface area contributed by atoms with E-state index in [0.717, 1.165) is 45.6 Å². The van der Waals surface area contributed by atoms with Crippen LogP contribution in [0, 0.1) is 23.2 Å². The molecule has 3 aliphatic heterocycles. The molecule has 3 rings (SSSR count). The van der Waals surface area contributed by atoms with Crippen LogP contribution in [0.3, 0.4) is 0 Å². The molecule has 0 amide bonds. The Bertz CT molecular complexity index is 984. The molecule has 0 saturated carbocycles. The minimum Gasteiger partial charge on any atom is -0.467 e. The molecular formula is C35H63N3O7. The molecule has 10 nitrogen and oxygen atoms in total. The number of hydrogen-bond donors (Lipinski definition) is 1. The Morgan fingerprint density at radius 3 is 2.40 bits per heavy atom. The van der Waals surface area contributed by atoms with Gasteiger partial charge >= 0.3 is 5.97 Å². The van der Waals surface area contributed by atoms with E-state index in [1.807, 2.05) is 25.9 Å². The lowest BCUT2D eigenvalue weighted by Gasteiger charge is -2.46. The van der Waals surface area contributed by atoms with E-state index in [2.05, 4.69) is 30.2 Å². The fraction of sp³-hybridized carbons (Fsp3) is 0.886. The minimum absolute atomic E-state index is 0.0550. The van der Waals surface area contributed by atoms with E-state index in [0.29, 0.717) is 25.1 Å². The summed E-state index contributed by atoms with van der Waals surface area (Å²) in [5.74, 6) is -1.03. The van der Waals surface area contributed by atoms with Crippen molar-refractivity contribution in [2.75, 3.05) is 67.1 Å². The summed E-state index contributed by atoms with van der Waals surface area (Å²) in [5, 5.41) is 11.4. The maximum Gasteiger partial charge on any atom is 0.319 e. The number of ketones is 1. The van der Waals surface area contributed by atoms with E-state index in [-0.39, 0.29) is 30.3 Å². The first-order chi connectivity index (χ1) is 21.1. The molecular weight excluding hydrogens is 574 g/mol. The molecule has 0 spiro atoms. The fourth-order valence-corrected chi connectivity index (χ4v) is 7.70. The fourth-order valence-electron chi connectivity index (χ4n) is 7.70. The van der Waals surface area contributed by atoms with Crippen molar-refractivity contribution in [3.05, 3.63) is 12.3 Å². The molecule has 0 aliphatic carbocycles. The van der Waals surface area contributed by atoms with E-state index >= 15 is 0 Å². The average Bonchev–Trinajstić information content (AvgIpc) is 3.50. The first kappa shape index (κ1) is 37.9. The van der Waals surface area contributed by atoms with Gasteiger partial charge in [0.25, 0.3) is 0 Å². The van der Waals surface area contributed by atoms with Crippen LogP contribution in [0.2, 0.25) is 0 Å². The number of esters is 1. The maximum absolute atomic E-state index is 14.2.